The molecule has 0 aliphatic rings. The second kappa shape index (κ2) is 5.47. The molecule has 3 N–H and O–H groups in total. The first-order valence-electron chi connectivity index (χ1n) is 4.09. The zero-order chi connectivity index (χ0) is 11.6. The summed E-state index contributed by atoms with van der Waals surface area (Å²) in [4.78, 5) is 0. The van der Waals surface area contributed by atoms with Gasteiger partial charge in [-0.25, -0.2) is 4.39 Å². The molecule has 0 aromatic heterocycles. The molecular formula is C9H10ClF4NO. The summed E-state index contributed by atoms with van der Waals surface area (Å²) >= 11 is 0. The third-order valence-corrected chi connectivity index (χ3v) is 1.92. The lowest BCUT2D eigenvalue weighted by Gasteiger charge is -2.12. The van der Waals surface area contributed by atoms with Crippen molar-refractivity contribution in [3.63, 3.8) is 0 Å². The van der Waals surface area contributed by atoms with Gasteiger partial charge in [-0.2, -0.15) is 13.2 Å². The van der Waals surface area contributed by atoms with Crippen molar-refractivity contribution in [2.45, 2.75) is 12.2 Å². The molecule has 1 atom stereocenters. The van der Waals surface area contributed by atoms with Crippen LogP contribution in [-0.2, 0) is 6.18 Å². The van der Waals surface area contributed by atoms with E-state index >= 15 is 0 Å². The van der Waals surface area contributed by atoms with Gasteiger partial charge in [0, 0.05) is 0 Å². The summed E-state index contributed by atoms with van der Waals surface area (Å²) in [6.07, 6.45) is -4.72. The SMILES string of the molecule is Cl.N[C@H](CO)c1ccc(C(F)(F)F)c(F)c1. The summed E-state index contributed by atoms with van der Waals surface area (Å²) in [6, 6.07) is 1.47. The Morgan fingerprint density at radius 3 is 2.25 bits per heavy atom. The highest BCUT2D eigenvalue weighted by Crippen LogP contribution is 2.32. The largest absolute Gasteiger partial charge is 0.419 e. The summed E-state index contributed by atoms with van der Waals surface area (Å²) in [5.41, 5.74) is 4.12. The summed E-state index contributed by atoms with van der Waals surface area (Å²) in [5.74, 6) is -1.39. The maximum absolute atomic E-state index is 13.0. The minimum Gasteiger partial charge on any atom is -0.394 e. The van der Waals surface area contributed by atoms with E-state index in [0.29, 0.717) is 12.1 Å². The predicted molar refractivity (Wildman–Crippen MR) is 52.7 cm³/mol. The number of aliphatic hydroxyl groups excluding tert-OH is 1. The molecule has 0 heterocycles. The van der Waals surface area contributed by atoms with Gasteiger partial charge in [0.15, 0.2) is 0 Å². The molecule has 0 fully saturated rings. The van der Waals surface area contributed by atoms with Crippen LogP contribution in [0, 0.1) is 5.82 Å². The Hall–Kier alpha value is -0.850. The van der Waals surface area contributed by atoms with Crippen LogP contribution in [0.25, 0.3) is 0 Å². The van der Waals surface area contributed by atoms with Gasteiger partial charge in [-0.15, -0.1) is 12.4 Å². The van der Waals surface area contributed by atoms with Crippen molar-refractivity contribution in [3.8, 4) is 0 Å². The van der Waals surface area contributed by atoms with Gasteiger partial charge < -0.3 is 10.8 Å². The Balaban J connectivity index is 0.00000225. The molecule has 0 spiro atoms. The first kappa shape index (κ1) is 15.2. The Bertz CT molecular complexity index is 356. The number of halogens is 5. The standard InChI is InChI=1S/C9H9F4NO.ClH/c10-7-3-5(8(14)4-15)1-2-6(7)9(11,12)13;/h1-3,8,15H,4,14H2;1H/t8-;/m1./s1. The minimum absolute atomic E-state index is 0. The number of nitrogens with two attached hydrogens (primary N) is 1. The lowest BCUT2D eigenvalue weighted by molar-refractivity contribution is -0.140. The van der Waals surface area contributed by atoms with E-state index in [2.05, 4.69) is 0 Å². The molecule has 0 aliphatic heterocycles. The first-order chi connectivity index (χ1) is 6.86. The second-order valence-corrected chi connectivity index (χ2v) is 3.03. The number of alkyl halides is 3. The summed E-state index contributed by atoms with van der Waals surface area (Å²) in [7, 11) is 0. The van der Waals surface area contributed by atoms with Crippen molar-refractivity contribution >= 4 is 12.4 Å². The molecule has 0 saturated carbocycles. The highest BCUT2D eigenvalue weighted by Gasteiger charge is 2.34. The molecule has 7 heteroatoms. The molecule has 1 rings (SSSR count). The molecule has 0 amide bonds. The van der Waals surface area contributed by atoms with E-state index in [9.17, 15) is 17.6 Å². The third kappa shape index (κ3) is 3.33. The Morgan fingerprint density at radius 1 is 1.31 bits per heavy atom. The van der Waals surface area contributed by atoms with Crippen LogP contribution in [0.15, 0.2) is 18.2 Å². The smallest absolute Gasteiger partial charge is 0.394 e. The molecule has 0 unspecified atom stereocenters. The van der Waals surface area contributed by atoms with Crippen molar-refractivity contribution in [2.75, 3.05) is 6.61 Å². The second-order valence-electron chi connectivity index (χ2n) is 3.03. The monoisotopic (exact) mass is 259 g/mol. The number of hydrogen-bond donors (Lipinski definition) is 2. The maximum atomic E-state index is 13.0. The van der Waals surface area contributed by atoms with Crippen LogP contribution in [0.5, 0.6) is 0 Å². The van der Waals surface area contributed by atoms with Crippen LogP contribution in [0.1, 0.15) is 17.2 Å². The van der Waals surface area contributed by atoms with E-state index in [1.165, 1.54) is 0 Å². The van der Waals surface area contributed by atoms with Crippen LogP contribution < -0.4 is 5.73 Å². The molecule has 0 bridgehead atoms. The van der Waals surface area contributed by atoms with Gasteiger partial charge in [-0.1, -0.05) is 6.07 Å². The fourth-order valence-corrected chi connectivity index (χ4v) is 1.10. The van der Waals surface area contributed by atoms with Crippen LogP contribution in [0.2, 0.25) is 0 Å². The van der Waals surface area contributed by atoms with Gasteiger partial charge in [0.05, 0.1) is 18.2 Å². The van der Waals surface area contributed by atoms with Gasteiger partial charge >= 0.3 is 6.18 Å². The van der Waals surface area contributed by atoms with E-state index in [1.807, 2.05) is 0 Å². The van der Waals surface area contributed by atoms with Gasteiger partial charge in [-0.3, -0.25) is 0 Å². The van der Waals surface area contributed by atoms with E-state index in [0.717, 1.165) is 6.07 Å². The number of aliphatic hydroxyl groups is 1. The molecule has 1 aromatic carbocycles. The zero-order valence-electron chi connectivity index (χ0n) is 7.96. The van der Waals surface area contributed by atoms with E-state index in [4.69, 9.17) is 10.8 Å². The first-order valence-corrected chi connectivity index (χ1v) is 4.09. The van der Waals surface area contributed by atoms with Crippen molar-refractivity contribution in [3.05, 3.63) is 35.1 Å². The Morgan fingerprint density at radius 2 is 1.88 bits per heavy atom. The van der Waals surface area contributed by atoms with E-state index in [1.54, 1.807) is 0 Å². The highest BCUT2D eigenvalue weighted by molar-refractivity contribution is 5.85. The fraction of sp³-hybridized carbons (Fsp3) is 0.333. The van der Waals surface area contributed by atoms with Crippen LogP contribution >= 0.6 is 12.4 Å². The summed E-state index contributed by atoms with van der Waals surface area (Å²) in [5, 5.41) is 8.64. The number of rotatable bonds is 2. The Labute approximate surface area is 95.5 Å². The molecule has 0 saturated heterocycles. The van der Waals surface area contributed by atoms with Crippen molar-refractivity contribution in [1.29, 1.82) is 0 Å². The molecular weight excluding hydrogens is 250 g/mol. The topological polar surface area (TPSA) is 46.2 Å². The van der Waals surface area contributed by atoms with Gasteiger partial charge in [0.25, 0.3) is 0 Å². The van der Waals surface area contributed by atoms with E-state index < -0.39 is 30.2 Å². The summed E-state index contributed by atoms with van der Waals surface area (Å²) < 4.78 is 49.4. The predicted octanol–water partition coefficient (Wildman–Crippen LogP) is 2.26. The minimum atomic E-state index is -4.72. The van der Waals surface area contributed by atoms with Gasteiger partial charge in [0.1, 0.15) is 5.82 Å². The maximum Gasteiger partial charge on any atom is 0.419 e. The van der Waals surface area contributed by atoms with Crippen LogP contribution in [0.3, 0.4) is 0 Å². The van der Waals surface area contributed by atoms with Gasteiger partial charge in [0.2, 0.25) is 0 Å². The molecule has 92 valence electrons. The normalized spacial score (nSPS) is 13.1. The third-order valence-electron chi connectivity index (χ3n) is 1.92. The van der Waals surface area contributed by atoms with E-state index in [-0.39, 0.29) is 18.0 Å². The molecule has 16 heavy (non-hydrogen) atoms. The number of hydrogen-bond acceptors (Lipinski definition) is 2. The molecule has 1 aromatic rings. The molecule has 0 aliphatic carbocycles. The summed E-state index contributed by atoms with van der Waals surface area (Å²) in [6.45, 7) is -0.454. The number of benzene rings is 1. The van der Waals surface area contributed by atoms with Crippen molar-refractivity contribution in [1.82, 2.24) is 0 Å². The quantitative estimate of drug-likeness (QED) is 0.801. The zero-order valence-corrected chi connectivity index (χ0v) is 8.78. The van der Waals surface area contributed by atoms with Crippen LogP contribution in [-0.4, -0.2) is 11.7 Å². The average Bonchev–Trinajstić information content (AvgIpc) is 2.14. The lowest BCUT2D eigenvalue weighted by atomic mass is 10.1. The average molecular weight is 260 g/mol. The molecule has 2 nitrogen and oxygen atoms in total. The fourth-order valence-electron chi connectivity index (χ4n) is 1.10. The van der Waals surface area contributed by atoms with Crippen LogP contribution in [0.4, 0.5) is 17.6 Å². The van der Waals surface area contributed by atoms with Crippen molar-refractivity contribution in [2.24, 2.45) is 5.73 Å². The Kier molecular flexibility index (Phi) is 5.18. The molecule has 0 radical (unpaired) electrons. The highest BCUT2D eigenvalue weighted by atomic mass is 35.5. The van der Waals surface area contributed by atoms with Gasteiger partial charge in [-0.05, 0) is 17.7 Å². The van der Waals surface area contributed by atoms with Crippen molar-refractivity contribution < 1.29 is 22.7 Å². The lowest BCUT2D eigenvalue weighted by Crippen LogP contribution is -2.16.